The van der Waals surface area contributed by atoms with Gasteiger partial charge in [0.05, 0.1) is 4.83 Å². The Hall–Kier alpha value is 0.780. The normalized spacial score (nSPS) is 12.8. The van der Waals surface area contributed by atoms with Crippen molar-refractivity contribution in [1.29, 1.82) is 0 Å². The van der Waals surface area contributed by atoms with Crippen molar-refractivity contribution in [3.05, 3.63) is 0 Å². The number of carbonyl (C=O) groups excluding carboxylic acids is 2. The first-order valence-corrected chi connectivity index (χ1v) is 4.56. The van der Waals surface area contributed by atoms with Crippen molar-refractivity contribution < 1.29 is 9.59 Å². The fourth-order valence-electron chi connectivity index (χ4n) is 0.221. The number of rotatable bonds is 3. The Morgan fingerprint density at radius 1 is 1.33 bits per heavy atom. The van der Waals surface area contributed by atoms with Crippen LogP contribution in [0.5, 0.6) is 0 Å². The third-order valence-corrected chi connectivity index (χ3v) is 2.82. The molecule has 5 heteroatoms. The Bertz CT molecular complexity index is 134. The molecule has 0 bridgehead atoms. The Morgan fingerprint density at radius 3 is 1.89 bits per heavy atom. The molecule has 2 nitrogen and oxygen atoms in total. The maximum Gasteiger partial charge on any atom is 0.211 e. The van der Waals surface area contributed by atoms with Gasteiger partial charge in [-0.05, 0) is 31.9 Å². The lowest BCUT2D eigenvalue weighted by molar-refractivity contribution is -0.114. The SMILES string of the molecule is O=C(Br)CC(Br)C(=O)Br. The van der Waals surface area contributed by atoms with E-state index < -0.39 is 4.83 Å². The van der Waals surface area contributed by atoms with Gasteiger partial charge in [-0.1, -0.05) is 15.9 Å². The molecule has 0 saturated carbocycles. The van der Waals surface area contributed by atoms with E-state index in [2.05, 4.69) is 47.8 Å². The van der Waals surface area contributed by atoms with Crippen molar-refractivity contribution in [3.63, 3.8) is 0 Å². The maximum atomic E-state index is 10.4. The zero-order valence-electron chi connectivity index (χ0n) is 4.23. The van der Waals surface area contributed by atoms with Crippen LogP contribution in [0.4, 0.5) is 0 Å². The van der Waals surface area contributed by atoms with Crippen LogP contribution in [0.25, 0.3) is 0 Å². The lowest BCUT2D eigenvalue weighted by Crippen LogP contribution is -2.09. The molecule has 9 heavy (non-hydrogen) atoms. The first-order valence-electron chi connectivity index (χ1n) is 2.05. The molecular formula is C4H3Br3O2. The van der Waals surface area contributed by atoms with Crippen molar-refractivity contribution in [3.8, 4) is 0 Å². The summed E-state index contributed by atoms with van der Waals surface area (Å²) in [5.74, 6) is 0. The van der Waals surface area contributed by atoms with Crippen LogP contribution in [0, 0.1) is 0 Å². The van der Waals surface area contributed by atoms with E-state index in [1.54, 1.807) is 0 Å². The minimum Gasteiger partial charge on any atom is -0.287 e. The fraction of sp³-hybridized carbons (Fsp3) is 0.500. The summed E-state index contributed by atoms with van der Waals surface area (Å²) >= 11 is 8.41. The lowest BCUT2D eigenvalue weighted by atomic mass is 10.4. The van der Waals surface area contributed by atoms with Crippen LogP contribution in [0.2, 0.25) is 0 Å². The number of carbonyl (C=O) groups is 2. The molecule has 0 aliphatic heterocycles. The van der Waals surface area contributed by atoms with Gasteiger partial charge in [0.15, 0.2) is 4.69 Å². The van der Waals surface area contributed by atoms with Gasteiger partial charge in [-0.3, -0.25) is 9.59 Å². The van der Waals surface area contributed by atoms with Crippen molar-refractivity contribution in [1.82, 2.24) is 0 Å². The average molecular weight is 323 g/mol. The van der Waals surface area contributed by atoms with E-state index in [0.29, 0.717) is 0 Å². The Balaban J connectivity index is 3.63. The molecule has 0 N–H and O–H groups in total. The average Bonchev–Trinajstić information content (AvgIpc) is 1.63. The van der Waals surface area contributed by atoms with E-state index in [0.717, 1.165) is 0 Å². The molecule has 0 aromatic rings. The zero-order valence-corrected chi connectivity index (χ0v) is 8.99. The molecule has 0 radical (unpaired) electrons. The summed E-state index contributed by atoms with van der Waals surface area (Å²) in [6.07, 6.45) is 0.171. The molecule has 0 aromatic heterocycles. The quantitative estimate of drug-likeness (QED) is 0.588. The Morgan fingerprint density at radius 2 is 1.78 bits per heavy atom. The van der Waals surface area contributed by atoms with Gasteiger partial charge in [0, 0.05) is 6.42 Å². The van der Waals surface area contributed by atoms with E-state index in [1.165, 1.54) is 0 Å². The predicted molar refractivity (Wildman–Crippen MR) is 45.2 cm³/mol. The standard InChI is InChI=1S/C4H3Br3O2/c5-2(4(7)9)1-3(6)8/h2H,1H2. The summed E-state index contributed by atoms with van der Waals surface area (Å²) in [6, 6.07) is 0. The van der Waals surface area contributed by atoms with E-state index in [1.807, 2.05) is 0 Å². The summed E-state index contributed by atoms with van der Waals surface area (Å²) in [5, 5.41) is 0. The van der Waals surface area contributed by atoms with Crippen molar-refractivity contribution in [2.24, 2.45) is 0 Å². The summed E-state index contributed by atoms with van der Waals surface area (Å²) in [7, 11) is 0. The van der Waals surface area contributed by atoms with Gasteiger partial charge in [-0.15, -0.1) is 0 Å². The van der Waals surface area contributed by atoms with E-state index >= 15 is 0 Å². The number of alkyl halides is 1. The molecule has 0 saturated heterocycles. The van der Waals surface area contributed by atoms with Crippen LogP contribution in [0.3, 0.4) is 0 Å². The topological polar surface area (TPSA) is 34.1 Å². The first kappa shape index (κ1) is 9.78. The molecule has 0 aliphatic rings. The van der Waals surface area contributed by atoms with Crippen LogP contribution >= 0.6 is 47.8 Å². The van der Waals surface area contributed by atoms with E-state index in [4.69, 9.17) is 0 Å². The second-order valence-corrected chi connectivity index (χ2v) is 4.10. The smallest absolute Gasteiger partial charge is 0.211 e. The fourth-order valence-corrected chi connectivity index (χ4v) is 1.44. The van der Waals surface area contributed by atoms with Crippen LogP contribution in [0.1, 0.15) is 6.42 Å². The summed E-state index contributed by atoms with van der Waals surface area (Å²) in [4.78, 5) is 20.2. The third kappa shape index (κ3) is 5.24. The van der Waals surface area contributed by atoms with E-state index in [9.17, 15) is 9.59 Å². The molecule has 0 aliphatic carbocycles. The molecule has 52 valence electrons. The van der Waals surface area contributed by atoms with Crippen molar-refractivity contribution in [2.75, 3.05) is 0 Å². The molecule has 0 aromatic carbocycles. The second kappa shape index (κ2) is 4.57. The van der Waals surface area contributed by atoms with E-state index in [-0.39, 0.29) is 15.8 Å². The van der Waals surface area contributed by atoms with Crippen molar-refractivity contribution >= 4 is 57.2 Å². The highest BCUT2D eigenvalue weighted by Gasteiger charge is 2.13. The summed E-state index contributed by atoms with van der Waals surface area (Å²) in [5.41, 5.74) is 0. The molecule has 0 fully saturated rings. The minimum absolute atomic E-state index is 0.171. The van der Waals surface area contributed by atoms with Gasteiger partial charge >= 0.3 is 0 Å². The molecule has 0 amide bonds. The monoisotopic (exact) mass is 320 g/mol. The van der Waals surface area contributed by atoms with Gasteiger partial charge < -0.3 is 0 Å². The lowest BCUT2D eigenvalue weighted by Gasteiger charge is -1.96. The van der Waals surface area contributed by atoms with Crippen LogP contribution in [0.15, 0.2) is 0 Å². The zero-order chi connectivity index (χ0) is 7.44. The van der Waals surface area contributed by atoms with Gasteiger partial charge in [0.25, 0.3) is 0 Å². The predicted octanol–water partition coefficient (Wildman–Crippen LogP) is 1.98. The van der Waals surface area contributed by atoms with Gasteiger partial charge in [0.1, 0.15) is 0 Å². The highest BCUT2D eigenvalue weighted by atomic mass is 79.9. The molecular weight excluding hydrogens is 320 g/mol. The molecule has 0 spiro atoms. The van der Waals surface area contributed by atoms with Crippen LogP contribution in [-0.2, 0) is 9.59 Å². The third-order valence-electron chi connectivity index (χ3n) is 0.586. The highest BCUT2D eigenvalue weighted by Crippen LogP contribution is 2.12. The van der Waals surface area contributed by atoms with Gasteiger partial charge in [-0.25, -0.2) is 0 Å². The van der Waals surface area contributed by atoms with Gasteiger partial charge in [-0.2, -0.15) is 0 Å². The molecule has 0 rings (SSSR count). The van der Waals surface area contributed by atoms with Crippen LogP contribution in [-0.4, -0.2) is 14.2 Å². The molecule has 0 heterocycles. The second-order valence-electron chi connectivity index (χ2n) is 1.33. The largest absolute Gasteiger partial charge is 0.287 e. The Labute approximate surface area is 77.8 Å². The first-order chi connectivity index (χ1) is 4.04. The van der Waals surface area contributed by atoms with Crippen molar-refractivity contribution in [2.45, 2.75) is 11.2 Å². The highest BCUT2D eigenvalue weighted by molar-refractivity contribution is 9.20. The number of hydrogen-bond donors (Lipinski definition) is 0. The maximum absolute atomic E-state index is 10.4. The summed E-state index contributed by atoms with van der Waals surface area (Å²) in [6.45, 7) is 0. The number of hydrogen-bond acceptors (Lipinski definition) is 2. The molecule has 1 atom stereocenters. The Kier molecular flexibility index (Phi) is 4.97. The van der Waals surface area contributed by atoms with Gasteiger partial charge in [0.2, 0.25) is 4.69 Å². The minimum atomic E-state index is -0.413. The van der Waals surface area contributed by atoms with Crippen LogP contribution < -0.4 is 0 Å². The summed E-state index contributed by atoms with van der Waals surface area (Å²) < 4.78 is -0.396. The number of halogens is 3. The molecule has 1 unspecified atom stereocenters.